The summed E-state index contributed by atoms with van der Waals surface area (Å²) < 4.78 is 27.0. The van der Waals surface area contributed by atoms with Crippen LogP contribution in [0.15, 0.2) is 69.0 Å². The molecule has 1 aromatic heterocycles. The topological polar surface area (TPSA) is 65.7 Å². The maximum atomic E-state index is 13.4. The Hall–Kier alpha value is -3.23. The summed E-state index contributed by atoms with van der Waals surface area (Å²) in [5.41, 5.74) is 1.78. The molecule has 0 spiro atoms. The summed E-state index contributed by atoms with van der Waals surface area (Å²) in [6, 6.07) is 14.9. The summed E-state index contributed by atoms with van der Waals surface area (Å²) in [6.45, 7) is 6.49. The minimum absolute atomic E-state index is 0.0164. The quantitative estimate of drug-likeness (QED) is 0.193. The molecule has 1 atom stereocenters. The van der Waals surface area contributed by atoms with Gasteiger partial charge in [-0.05, 0) is 66.9 Å². The molecule has 0 bridgehead atoms. The van der Waals surface area contributed by atoms with E-state index in [0.29, 0.717) is 45.4 Å². The third kappa shape index (κ3) is 6.19. The first kappa shape index (κ1) is 26.8. The van der Waals surface area contributed by atoms with Gasteiger partial charge in [0.1, 0.15) is 18.2 Å². The lowest BCUT2D eigenvalue weighted by atomic mass is 10.1. The van der Waals surface area contributed by atoms with E-state index in [2.05, 4.69) is 21.0 Å². The Labute approximate surface area is 227 Å². The van der Waals surface area contributed by atoms with E-state index in [1.54, 1.807) is 36.5 Å². The zero-order valence-corrected chi connectivity index (χ0v) is 23.0. The van der Waals surface area contributed by atoms with Crippen LogP contribution in [0, 0.1) is 5.82 Å². The Bertz CT molecular complexity index is 1510. The zero-order valence-electron chi connectivity index (χ0n) is 20.7. The third-order valence-electron chi connectivity index (χ3n) is 5.84. The molecule has 37 heavy (non-hydrogen) atoms. The SMILES string of the molecule is CCOc1cc(C=Nn2c([C@@H](C)CC)nc3ccc(Br)cc3c2=O)cc(Cl)c1OCc1ccc(F)cc1. The van der Waals surface area contributed by atoms with Crippen LogP contribution in [0.3, 0.4) is 0 Å². The fourth-order valence-electron chi connectivity index (χ4n) is 3.71. The van der Waals surface area contributed by atoms with E-state index >= 15 is 0 Å². The molecule has 0 aliphatic heterocycles. The van der Waals surface area contributed by atoms with Crippen LogP contribution in [-0.4, -0.2) is 22.5 Å². The zero-order chi connectivity index (χ0) is 26.5. The molecule has 192 valence electrons. The molecule has 0 amide bonds. The molecule has 0 saturated carbocycles. The summed E-state index contributed by atoms with van der Waals surface area (Å²) in [7, 11) is 0. The summed E-state index contributed by atoms with van der Waals surface area (Å²) in [5, 5.41) is 5.30. The van der Waals surface area contributed by atoms with Gasteiger partial charge in [-0.3, -0.25) is 4.79 Å². The van der Waals surface area contributed by atoms with Gasteiger partial charge in [0, 0.05) is 10.4 Å². The predicted octanol–water partition coefficient (Wildman–Crippen LogP) is 7.32. The highest BCUT2D eigenvalue weighted by Gasteiger charge is 2.17. The number of benzene rings is 3. The van der Waals surface area contributed by atoms with Gasteiger partial charge in [0.05, 0.1) is 28.7 Å². The largest absolute Gasteiger partial charge is 0.490 e. The van der Waals surface area contributed by atoms with Crippen LogP contribution in [0.2, 0.25) is 5.02 Å². The van der Waals surface area contributed by atoms with Gasteiger partial charge in [-0.15, -0.1) is 0 Å². The molecular weight excluding hydrogens is 561 g/mol. The Balaban J connectivity index is 1.71. The van der Waals surface area contributed by atoms with E-state index in [1.165, 1.54) is 16.8 Å². The molecule has 0 fully saturated rings. The predicted molar refractivity (Wildman–Crippen MR) is 149 cm³/mol. The third-order valence-corrected chi connectivity index (χ3v) is 6.61. The average molecular weight is 587 g/mol. The highest BCUT2D eigenvalue weighted by atomic mass is 79.9. The number of ether oxygens (including phenoxy) is 2. The molecule has 0 unspecified atom stereocenters. The van der Waals surface area contributed by atoms with E-state index in [1.807, 2.05) is 32.9 Å². The molecular formula is C28H26BrClFN3O3. The summed E-state index contributed by atoms with van der Waals surface area (Å²) >= 11 is 9.99. The first-order valence-corrected chi connectivity index (χ1v) is 13.1. The summed E-state index contributed by atoms with van der Waals surface area (Å²) in [5.74, 6) is 1.09. The Morgan fingerprint density at radius 2 is 1.89 bits per heavy atom. The maximum Gasteiger partial charge on any atom is 0.282 e. The fourth-order valence-corrected chi connectivity index (χ4v) is 4.34. The van der Waals surface area contributed by atoms with Crippen LogP contribution in [0.4, 0.5) is 4.39 Å². The van der Waals surface area contributed by atoms with Crippen LogP contribution in [0.25, 0.3) is 10.9 Å². The highest BCUT2D eigenvalue weighted by Crippen LogP contribution is 2.37. The lowest BCUT2D eigenvalue weighted by Crippen LogP contribution is -2.23. The van der Waals surface area contributed by atoms with E-state index < -0.39 is 0 Å². The van der Waals surface area contributed by atoms with Gasteiger partial charge in [0.25, 0.3) is 5.56 Å². The van der Waals surface area contributed by atoms with Gasteiger partial charge in [-0.25, -0.2) is 9.37 Å². The second-order valence-electron chi connectivity index (χ2n) is 8.48. The van der Waals surface area contributed by atoms with E-state index in [4.69, 9.17) is 26.1 Å². The minimum Gasteiger partial charge on any atom is -0.490 e. The number of aromatic nitrogens is 2. The van der Waals surface area contributed by atoms with Crippen molar-refractivity contribution in [3.8, 4) is 11.5 Å². The maximum absolute atomic E-state index is 13.4. The van der Waals surface area contributed by atoms with Crippen molar-refractivity contribution < 1.29 is 13.9 Å². The summed E-state index contributed by atoms with van der Waals surface area (Å²) in [6.07, 6.45) is 2.35. The lowest BCUT2D eigenvalue weighted by molar-refractivity contribution is 0.269. The standard InChI is InChI=1S/C28H26BrClFN3O3/c1-4-17(3)27-33-24-11-8-20(29)14-22(24)28(35)34(27)32-15-19-12-23(30)26(25(13-19)36-5-2)37-16-18-6-9-21(31)10-7-18/h6-15,17H,4-5,16H2,1-3H3/t17-/m0/s1. The van der Waals surface area contributed by atoms with Crippen molar-refractivity contribution in [2.45, 2.75) is 39.7 Å². The van der Waals surface area contributed by atoms with Crippen molar-refractivity contribution in [3.63, 3.8) is 0 Å². The van der Waals surface area contributed by atoms with Crippen molar-refractivity contribution in [3.05, 3.63) is 97.2 Å². The molecule has 0 saturated heterocycles. The first-order valence-electron chi connectivity index (χ1n) is 11.9. The monoisotopic (exact) mass is 585 g/mol. The van der Waals surface area contributed by atoms with E-state index in [-0.39, 0.29) is 23.9 Å². The molecule has 4 rings (SSSR count). The van der Waals surface area contributed by atoms with Gasteiger partial charge in [0.2, 0.25) is 0 Å². The van der Waals surface area contributed by atoms with Gasteiger partial charge < -0.3 is 9.47 Å². The smallest absolute Gasteiger partial charge is 0.282 e. The van der Waals surface area contributed by atoms with Crippen LogP contribution in [-0.2, 0) is 6.61 Å². The number of fused-ring (bicyclic) bond motifs is 1. The molecule has 3 aromatic carbocycles. The Morgan fingerprint density at radius 3 is 2.59 bits per heavy atom. The number of hydrogen-bond acceptors (Lipinski definition) is 5. The number of hydrogen-bond donors (Lipinski definition) is 0. The van der Waals surface area contributed by atoms with Crippen molar-refractivity contribution >= 4 is 44.6 Å². The number of rotatable bonds is 9. The molecule has 0 N–H and O–H groups in total. The van der Waals surface area contributed by atoms with Crippen LogP contribution >= 0.6 is 27.5 Å². The summed E-state index contributed by atoms with van der Waals surface area (Å²) in [4.78, 5) is 18.1. The van der Waals surface area contributed by atoms with Gasteiger partial charge in [-0.2, -0.15) is 9.78 Å². The van der Waals surface area contributed by atoms with Crippen molar-refractivity contribution in [1.29, 1.82) is 0 Å². The Morgan fingerprint density at radius 1 is 1.14 bits per heavy atom. The molecule has 0 aliphatic rings. The second kappa shape index (κ2) is 11.9. The van der Waals surface area contributed by atoms with E-state index in [9.17, 15) is 9.18 Å². The van der Waals surface area contributed by atoms with Crippen molar-refractivity contribution in [2.75, 3.05) is 6.61 Å². The highest BCUT2D eigenvalue weighted by molar-refractivity contribution is 9.10. The normalized spacial score (nSPS) is 12.3. The van der Waals surface area contributed by atoms with Gasteiger partial charge in [0.15, 0.2) is 11.5 Å². The molecule has 9 heteroatoms. The number of halogens is 3. The fraction of sp³-hybridized carbons (Fsp3) is 0.250. The number of nitrogens with zero attached hydrogens (tertiary/aromatic N) is 3. The first-order chi connectivity index (χ1) is 17.8. The van der Waals surface area contributed by atoms with Crippen LogP contribution in [0.5, 0.6) is 11.5 Å². The molecule has 0 aliphatic carbocycles. The second-order valence-corrected chi connectivity index (χ2v) is 9.80. The van der Waals surface area contributed by atoms with Gasteiger partial charge >= 0.3 is 0 Å². The lowest BCUT2D eigenvalue weighted by Gasteiger charge is -2.15. The van der Waals surface area contributed by atoms with Gasteiger partial charge in [-0.1, -0.05) is 53.5 Å². The molecule has 0 radical (unpaired) electrons. The Kier molecular flexibility index (Phi) is 8.61. The van der Waals surface area contributed by atoms with Crippen LogP contribution < -0.4 is 15.0 Å². The van der Waals surface area contributed by atoms with Crippen molar-refractivity contribution in [2.24, 2.45) is 5.10 Å². The van der Waals surface area contributed by atoms with E-state index in [0.717, 1.165) is 16.5 Å². The molecule has 6 nitrogen and oxygen atoms in total. The van der Waals surface area contributed by atoms with Crippen molar-refractivity contribution in [1.82, 2.24) is 9.66 Å². The molecule has 1 heterocycles. The average Bonchev–Trinajstić information content (AvgIpc) is 2.88. The minimum atomic E-state index is -0.315. The molecule has 4 aromatic rings. The van der Waals surface area contributed by atoms with Crippen LogP contribution in [0.1, 0.15) is 50.1 Å².